The molecule has 1 amide bonds. The largest absolute Gasteiger partial charge is 0.550 e. The van der Waals surface area contributed by atoms with E-state index >= 15 is 0 Å². The molecule has 0 unspecified atom stereocenters. The number of amides is 1. The molecule has 0 aliphatic rings. The van der Waals surface area contributed by atoms with Crippen molar-refractivity contribution in [2.75, 3.05) is 0 Å². The summed E-state index contributed by atoms with van der Waals surface area (Å²) in [5.74, 6) is -2.09. The van der Waals surface area contributed by atoms with E-state index in [-0.39, 0.29) is 13.0 Å². The van der Waals surface area contributed by atoms with Crippen LogP contribution in [0.1, 0.15) is 35.6 Å². The number of benzene rings is 1. The first-order valence-corrected chi connectivity index (χ1v) is 7.42. The maximum Gasteiger partial charge on any atom is 0.416 e. The molecule has 2 rings (SSSR count). The highest BCUT2D eigenvalue weighted by atomic mass is 19.4. The van der Waals surface area contributed by atoms with Crippen LogP contribution in [-0.4, -0.2) is 11.9 Å². The van der Waals surface area contributed by atoms with Crippen molar-refractivity contribution in [2.24, 2.45) is 0 Å². The molecule has 0 aliphatic heterocycles. The van der Waals surface area contributed by atoms with Crippen LogP contribution in [0.4, 0.5) is 13.2 Å². The second-order valence-electron chi connectivity index (χ2n) is 5.45. The van der Waals surface area contributed by atoms with Crippen molar-refractivity contribution in [2.45, 2.75) is 31.5 Å². The van der Waals surface area contributed by atoms with Gasteiger partial charge in [-0.05, 0) is 42.2 Å². The molecular formula is C17H15F3NO4-. The molecule has 0 aliphatic carbocycles. The lowest BCUT2D eigenvalue weighted by atomic mass is 9.91. The number of rotatable bonds is 7. The number of aliphatic carboxylic acids is 1. The minimum absolute atomic E-state index is 0.136. The Morgan fingerprint density at radius 3 is 2.32 bits per heavy atom. The van der Waals surface area contributed by atoms with E-state index in [1.54, 1.807) is 12.1 Å². The summed E-state index contributed by atoms with van der Waals surface area (Å²) >= 11 is 0. The molecule has 0 bridgehead atoms. The number of hydrogen-bond acceptors (Lipinski definition) is 4. The Morgan fingerprint density at radius 2 is 1.80 bits per heavy atom. The number of carboxylic acids is 1. The average molecular weight is 354 g/mol. The quantitative estimate of drug-likeness (QED) is 0.827. The predicted octanol–water partition coefficient (Wildman–Crippen LogP) is 2.23. The van der Waals surface area contributed by atoms with Crippen molar-refractivity contribution in [3.8, 4) is 0 Å². The second-order valence-corrected chi connectivity index (χ2v) is 5.45. The van der Waals surface area contributed by atoms with Crippen LogP contribution in [0.15, 0.2) is 47.1 Å². The first-order valence-electron chi connectivity index (χ1n) is 7.42. The molecule has 0 saturated heterocycles. The van der Waals surface area contributed by atoms with Gasteiger partial charge in [0.1, 0.15) is 5.76 Å². The number of carboxylic acid groups (broad SMARTS) is 1. The van der Waals surface area contributed by atoms with Gasteiger partial charge in [0.2, 0.25) is 5.91 Å². The van der Waals surface area contributed by atoms with Crippen molar-refractivity contribution in [1.29, 1.82) is 0 Å². The summed E-state index contributed by atoms with van der Waals surface area (Å²) in [6.45, 7) is 0.136. The van der Waals surface area contributed by atoms with Crippen LogP contribution in [0.5, 0.6) is 0 Å². The van der Waals surface area contributed by atoms with Crippen LogP contribution in [0.25, 0.3) is 0 Å². The molecule has 5 nitrogen and oxygen atoms in total. The van der Waals surface area contributed by atoms with Gasteiger partial charge in [0, 0.05) is 12.4 Å². The van der Waals surface area contributed by atoms with Crippen LogP contribution in [0, 0.1) is 0 Å². The van der Waals surface area contributed by atoms with Gasteiger partial charge in [0.15, 0.2) is 0 Å². The van der Waals surface area contributed by atoms with E-state index in [1.165, 1.54) is 18.4 Å². The van der Waals surface area contributed by atoms with Gasteiger partial charge in [0.25, 0.3) is 0 Å². The van der Waals surface area contributed by atoms with E-state index in [4.69, 9.17) is 4.42 Å². The van der Waals surface area contributed by atoms with Crippen molar-refractivity contribution in [3.63, 3.8) is 0 Å². The minimum atomic E-state index is -4.48. The zero-order valence-electron chi connectivity index (χ0n) is 13.0. The third-order valence-corrected chi connectivity index (χ3v) is 3.59. The maximum absolute atomic E-state index is 12.6. The fraction of sp³-hybridized carbons (Fsp3) is 0.294. The summed E-state index contributed by atoms with van der Waals surface area (Å²) in [6, 6.07) is 7.39. The predicted molar refractivity (Wildman–Crippen MR) is 79.0 cm³/mol. The maximum atomic E-state index is 12.6. The molecular weight excluding hydrogens is 339 g/mol. The topological polar surface area (TPSA) is 82.4 Å². The summed E-state index contributed by atoms with van der Waals surface area (Å²) in [5, 5.41) is 13.5. The Kier molecular flexibility index (Phi) is 5.84. The highest BCUT2D eigenvalue weighted by Gasteiger charge is 2.30. The van der Waals surface area contributed by atoms with Gasteiger partial charge in [-0.15, -0.1) is 0 Å². The van der Waals surface area contributed by atoms with E-state index in [0.717, 1.165) is 12.1 Å². The number of carbonyl (C=O) groups is 2. The lowest BCUT2D eigenvalue weighted by Crippen LogP contribution is -2.29. The van der Waals surface area contributed by atoms with Crippen LogP contribution in [0.3, 0.4) is 0 Å². The summed E-state index contributed by atoms with van der Waals surface area (Å²) in [6.07, 6.45) is -3.70. The molecule has 0 spiro atoms. The van der Waals surface area contributed by atoms with Crippen LogP contribution in [0.2, 0.25) is 0 Å². The van der Waals surface area contributed by atoms with Gasteiger partial charge in [-0.1, -0.05) is 12.1 Å². The van der Waals surface area contributed by atoms with Crippen LogP contribution in [-0.2, 0) is 22.3 Å². The highest BCUT2D eigenvalue weighted by Crippen LogP contribution is 2.31. The molecule has 8 heteroatoms. The lowest BCUT2D eigenvalue weighted by Gasteiger charge is -2.18. The summed E-state index contributed by atoms with van der Waals surface area (Å²) in [7, 11) is 0. The molecule has 134 valence electrons. The van der Waals surface area contributed by atoms with Gasteiger partial charge >= 0.3 is 6.18 Å². The standard InChI is InChI=1S/C17H16F3NO4/c18-17(19,20)13-5-3-11(4-6-13)12(9-16(23)24)8-15(22)21-10-14-2-1-7-25-14/h1-7,12H,8-10H2,(H,21,22)(H,23,24)/p-1/t12-/m1/s1. The number of alkyl halides is 3. The van der Waals surface area contributed by atoms with Crippen LogP contribution >= 0.6 is 0 Å². The van der Waals surface area contributed by atoms with Gasteiger partial charge in [-0.2, -0.15) is 13.2 Å². The highest BCUT2D eigenvalue weighted by molar-refractivity contribution is 5.78. The molecule has 2 aromatic rings. The number of carbonyl (C=O) groups excluding carboxylic acids is 2. The number of nitrogens with one attached hydrogen (secondary N) is 1. The van der Waals surface area contributed by atoms with Crippen molar-refractivity contribution in [1.82, 2.24) is 5.32 Å². The Balaban J connectivity index is 2.04. The van der Waals surface area contributed by atoms with Gasteiger partial charge in [0.05, 0.1) is 18.4 Å². The van der Waals surface area contributed by atoms with E-state index in [1.807, 2.05) is 0 Å². The van der Waals surface area contributed by atoms with E-state index in [2.05, 4.69) is 5.32 Å². The summed E-state index contributed by atoms with van der Waals surface area (Å²) in [4.78, 5) is 22.9. The van der Waals surface area contributed by atoms with E-state index < -0.39 is 36.0 Å². The molecule has 0 fully saturated rings. The Labute approximate surface area is 141 Å². The molecule has 25 heavy (non-hydrogen) atoms. The second kappa shape index (κ2) is 7.87. The molecule has 1 heterocycles. The van der Waals surface area contributed by atoms with Crippen molar-refractivity contribution >= 4 is 11.9 Å². The summed E-state index contributed by atoms with van der Waals surface area (Å²) in [5.41, 5.74) is -0.518. The number of furan rings is 1. The molecule has 1 aromatic heterocycles. The Bertz CT molecular complexity index is 708. The van der Waals surface area contributed by atoms with Gasteiger partial charge in [-0.3, -0.25) is 4.79 Å². The van der Waals surface area contributed by atoms with E-state index in [9.17, 15) is 27.9 Å². The Hall–Kier alpha value is -2.77. The molecule has 0 radical (unpaired) electrons. The zero-order chi connectivity index (χ0) is 18.4. The molecule has 0 saturated carbocycles. The smallest absolute Gasteiger partial charge is 0.416 e. The number of halogens is 3. The first-order chi connectivity index (χ1) is 11.8. The molecule has 1 N–H and O–H groups in total. The lowest BCUT2D eigenvalue weighted by molar-refractivity contribution is -0.306. The van der Waals surface area contributed by atoms with Crippen molar-refractivity contribution in [3.05, 3.63) is 59.5 Å². The fourth-order valence-corrected chi connectivity index (χ4v) is 2.35. The number of hydrogen-bond donors (Lipinski definition) is 1. The first kappa shape index (κ1) is 18.6. The van der Waals surface area contributed by atoms with E-state index in [0.29, 0.717) is 11.3 Å². The Morgan fingerprint density at radius 1 is 1.12 bits per heavy atom. The van der Waals surface area contributed by atoms with Crippen LogP contribution < -0.4 is 10.4 Å². The van der Waals surface area contributed by atoms with Gasteiger partial charge in [-0.25, -0.2) is 0 Å². The molecule has 1 atom stereocenters. The monoisotopic (exact) mass is 354 g/mol. The van der Waals surface area contributed by atoms with Crippen molar-refractivity contribution < 1.29 is 32.3 Å². The normalized spacial score (nSPS) is 12.6. The SMILES string of the molecule is O=C([O-])C[C@@H](CC(=O)NCc1ccco1)c1ccc(C(F)(F)F)cc1. The average Bonchev–Trinajstić information content (AvgIpc) is 3.04. The van der Waals surface area contributed by atoms with Gasteiger partial charge < -0.3 is 19.6 Å². The third-order valence-electron chi connectivity index (χ3n) is 3.59. The molecule has 1 aromatic carbocycles. The zero-order valence-corrected chi connectivity index (χ0v) is 13.0. The minimum Gasteiger partial charge on any atom is -0.550 e. The fourth-order valence-electron chi connectivity index (χ4n) is 2.35. The summed E-state index contributed by atoms with van der Waals surface area (Å²) < 4.78 is 42.9. The third kappa shape index (κ3) is 5.66.